The van der Waals surface area contributed by atoms with Crippen molar-refractivity contribution in [3.63, 3.8) is 0 Å². The molecule has 0 bridgehead atoms. The molecular formula is C20H23NO. The Hall–Kier alpha value is -2.09. The zero-order valence-electron chi connectivity index (χ0n) is 13.2. The second-order valence-electron chi connectivity index (χ2n) is 6.15. The minimum absolute atomic E-state index is 0.177. The quantitative estimate of drug-likeness (QED) is 0.787. The fourth-order valence-electron chi connectivity index (χ4n) is 3.03. The van der Waals surface area contributed by atoms with Gasteiger partial charge in [-0.25, -0.2) is 0 Å². The summed E-state index contributed by atoms with van der Waals surface area (Å²) in [6.07, 6.45) is 4.74. The minimum Gasteiger partial charge on any atom is -0.339 e. The topological polar surface area (TPSA) is 20.3 Å². The molecule has 3 rings (SSSR count). The lowest BCUT2D eigenvalue weighted by atomic mass is 10.0. The average Bonchev–Trinajstić information content (AvgIpc) is 2.84. The third-order valence-electron chi connectivity index (χ3n) is 4.39. The summed E-state index contributed by atoms with van der Waals surface area (Å²) in [4.78, 5) is 14.7. The molecule has 0 N–H and O–H groups in total. The number of hydrogen-bond donors (Lipinski definition) is 0. The summed E-state index contributed by atoms with van der Waals surface area (Å²) >= 11 is 0. The predicted molar refractivity (Wildman–Crippen MR) is 91.0 cm³/mol. The van der Waals surface area contributed by atoms with E-state index in [1.54, 1.807) is 0 Å². The highest BCUT2D eigenvalue weighted by Crippen LogP contribution is 2.22. The molecule has 22 heavy (non-hydrogen) atoms. The number of likely N-dealkylation sites (tertiary alicyclic amines) is 1. The highest BCUT2D eigenvalue weighted by Gasteiger charge is 2.17. The number of aryl methyl sites for hydroxylation is 1. The summed E-state index contributed by atoms with van der Waals surface area (Å²) in [5, 5.41) is 0. The predicted octanol–water partition coefficient (Wildman–Crippen LogP) is 4.68. The Bertz CT molecular complexity index is 637. The Morgan fingerprint density at radius 1 is 0.864 bits per heavy atom. The van der Waals surface area contributed by atoms with E-state index in [0.717, 1.165) is 42.6 Å². The Kier molecular flexibility index (Phi) is 4.57. The van der Waals surface area contributed by atoms with Crippen molar-refractivity contribution < 1.29 is 4.79 Å². The molecule has 0 atom stereocenters. The van der Waals surface area contributed by atoms with Gasteiger partial charge in [-0.1, -0.05) is 54.8 Å². The number of hydrogen-bond acceptors (Lipinski definition) is 1. The molecule has 0 spiro atoms. The third kappa shape index (κ3) is 3.38. The highest BCUT2D eigenvalue weighted by atomic mass is 16.2. The van der Waals surface area contributed by atoms with Gasteiger partial charge in [0.2, 0.25) is 0 Å². The molecular weight excluding hydrogens is 270 g/mol. The Balaban J connectivity index is 1.83. The SMILES string of the molecule is Cc1ccc(-c2cccc(C(=O)N3CCCCCC3)c2)cc1. The first-order chi connectivity index (χ1) is 10.7. The molecule has 114 valence electrons. The molecule has 1 fully saturated rings. The molecule has 0 aliphatic carbocycles. The largest absolute Gasteiger partial charge is 0.339 e. The van der Waals surface area contributed by atoms with Crippen molar-refractivity contribution in [2.45, 2.75) is 32.6 Å². The fourth-order valence-corrected chi connectivity index (χ4v) is 3.03. The summed E-state index contributed by atoms with van der Waals surface area (Å²) in [6, 6.07) is 16.5. The molecule has 1 heterocycles. The lowest BCUT2D eigenvalue weighted by Gasteiger charge is -2.20. The summed E-state index contributed by atoms with van der Waals surface area (Å²) < 4.78 is 0. The maximum Gasteiger partial charge on any atom is 0.253 e. The number of nitrogens with zero attached hydrogens (tertiary/aromatic N) is 1. The smallest absolute Gasteiger partial charge is 0.253 e. The van der Waals surface area contributed by atoms with E-state index in [1.807, 2.05) is 23.1 Å². The highest BCUT2D eigenvalue weighted by molar-refractivity contribution is 5.95. The van der Waals surface area contributed by atoms with Crippen LogP contribution in [0.5, 0.6) is 0 Å². The van der Waals surface area contributed by atoms with Crippen molar-refractivity contribution in [3.8, 4) is 11.1 Å². The summed E-state index contributed by atoms with van der Waals surface area (Å²) in [6.45, 7) is 3.88. The fraction of sp³-hybridized carbons (Fsp3) is 0.350. The van der Waals surface area contributed by atoms with Crippen molar-refractivity contribution >= 4 is 5.91 Å². The lowest BCUT2D eigenvalue weighted by molar-refractivity contribution is 0.0761. The van der Waals surface area contributed by atoms with Crippen molar-refractivity contribution in [2.75, 3.05) is 13.1 Å². The van der Waals surface area contributed by atoms with E-state index in [-0.39, 0.29) is 5.91 Å². The molecule has 1 amide bonds. The normalized spacial score (nSPS) is 15.4. The average molecular weight is 293 g/mol. The van der Waals surface area contributed by atoms with E-state index >= 15 is 0 Å². The second-order valence-corrected chi connectivity index (χ2v) is 6.15. The van der Waals surface area contributed by atoms with Crippen LogP contribution in [0.3, 0.4) is 0 Å². The van der Waals surface area contributed by atoms with Gasteiger partial charge in [0.25, 0.3) is 5.91 Å². The Morgan fingerprint density at radius 2 is 1.55 bits per heavy atom. The van der Waals surface area contributed by atoms with Gasteiger partial charge in [-0.15, -0.1) is 0 Å². The monoisotopic (exact) mass is 293 g/mol. The zero-order chi connectivity index (χ0) is 15.4. The summed E-state index contributed by atoms with van der Waals surface area (Å²) in [7, 11) is 0. The summed E-state index contributed by atoms with van der Waals surface area (Å²) in [5.41, 5.74) is 4.33. The third-order valence-corrected chi connectivity index (χ3v) is 4.39. The zero-order valence-corrected chi connectivity index (χ0v) is 13.2. The van der Waals surface area contributed by atoms with E-state index in [9.17, 15) is 4.79 Å². The van der Waals surface area contributed by atoms with Crippen LogP contribution >= 0.6 is 0 Å². The molecule has 0 unspecified atom stereocenters. The molecule has 1 saturated heterocycles. The van der Waals surface area contributed by atoms with Crippen LogP contribution in [0.4, 0.5) is 0 Å². The van der Waals surface area contributed by atoms with Gasteiger partial charge >= 0.3 is 0 Å². The van der Waals surface area contributed by atoms with Crippen LogP contribution in [0.25, 0.3) is 11.1 Å². The molecule has 2 aromatic carbocycles. The van der Waals surface area contributed by atoms with Crippen LogP contribution in [0.2, 0.25) is 0 Å². The van der Waals surface area contributed by atoms with Crippen molar-refractivity contribution in [1.29, 1.82) is 0 Å². The number of carbonyl (C=O) groups excluding carboxylic acids is 1. The molecule has 0 saturated carbocycles. The van der Waals surface area contributed by atoms with E-state index in [1.165, 1.54) is 18.4 Å². The molecule has 1 aliphatic rings. The second kappa shape index (κ2) is 6.78. The van der Waals surface area contributed by atoms with Gasteiger partial charge in [-0.2, -0.15) is 0 Å². The van der Waals surface area contributed by atoms with E-state index in [0.29, 0.717) is 0 Å². The number of carbonyl (C=O) groups is 1. The van der Waals surface area contributed by atoms with Crippen LogP contribution in [0.1, 0.15) is 41.6 Å². The van der Waals surface area contributed by atoms with Crippen LogP contribution < -0.4 is 0 Å². The van der Waals surface area contributed by atoms with Crippen LogP contribution in [0, 0.1) is 6.92 Å². The van der Waals surface area contributed by atoms with Gasteiger partial charge in [-0.05, 0) is 43.0 Å². The first-order valence-electron chi connectivity index (χ1n) is 8.20. The lowest BCUT2D eigenvalue weighted by Crippen LogP contribution is -2.31. The molecule has 2 aromatic rings. The van der Waals surface area contributed by atoms with Gasteiger partial charge in [0.1, 0.15) is 0 Å². The first-order valence-corrected chi connectivity index (χ1v) is 8.20. The molecule has 1 aliphatic heterocycles. The number of benzene rings is 2. The Morgan fingerprint density at radius 3 is 2.23 bits per heavy atom. The van der Waals surface area contributed by atoms with Crippen LogP contribution in [-0.2, 0) is 0 Å². The van der Waals surface area contributed by atoms with Crippen LogP contribution in [-0.4, -0.2) is 23.9 Å². The van der Waals surface area contributed by atoms with Crippen molar-refractivity contribution in [3.05, 3.63) is 59.7 Å². The maximum absolute atomic E-state index is 12.7. The Labute approximate surface area is 132 Å². The van der Waals surface area contributed by atoms with E-state index < -0.39 is 0 Å². The first kappa shape index (κ1) is 14.8. The standard InChI is InChI=1S/C20H23NO/c1-16-9-11-17(12-10-16)18-7-6-8-19(15-18)20(22)21-13-4-2-3-5-14-21/h6-12,15H,2-5,13-14H2,1H3. The molecule has 2 nitrogen and oxygen atoms in total. The molecule has 2 heteroatoms. The van der Waals surface area contributed by atoms with Crippen molar-refractivity contribution in [2.24, 2.45) is 0 Å². The number of rotatable bonds is 2. The molecule has 0 radical (unpaired) electrons. The minimum atomic E-state index is 0.177. The van der Waals surface area contributed by atoms with E-state index in [4.69, 9.17) is 0 Å². The number of amides is 1. The van der Waals surface area contributed by atoms with Gasteiger partial charge in [0, 0.05) is 18.7 Å². The van der Waals surface area contributed by atoms with Gasteiger partial charge in [0.05, 0.1) is 0 Å². The molecule has 0 aromatic heterocycles. The van der Waals surface area contributed by atoms with E-state index in [2.05, 4.69) is 37.3 Å². The van der Waals surface area contributed by atoms with Gasteiger partial charge in [-0.3, -0.25) is 4.79 Å². The summed E-state index contributed by atoms with van der Waals surface area (Å²) in [5.74, 6) is 0.177. The maximum atomic E-state index is 12.7. The van der Waals surface area contributed by atoms with Crippen molar-refractivity contribution in [1.82, 2.24) is 4.90 Å². The van der Waals surface area contributed by atoms with Gasteiger partial charge in [0.15, 0.2) is 0 Å². The van der Waals surface area contributed by atoms with Crippen LogP contribution in [0.15, 0.2) is 48.5 Å². The van der Waals surface area contributed by atoms with Gasteiger partial charge < -0.3 is 4.90 Å².